The maximum Gasteiger partial charge on any atom is 0.419 e. The summed E-state index contributed by atoms with van der Waals surface area (Å²) in [5.41, 5.74) is 1.18. The van der Waals surface area contributed by atoms with Crippen LogP contribution >= 0.6 is 0 Å². The van der Waals surface area contributed by atoms with Gasteiger partial charge in [0.1, 0.15) is 12.4 Å². The van der Waals surface area contributed by atoms with Crippen molar-refractivity contribution in [2.75, 3.05) is 0 Å². The summed E-state index contributed by atoms with van der Waals surface area (Å²) in [6.45, 7) is 2.07. The average molecular weight is 266 g/mol. The van der Waals surface area contributed by atoms with E-state index >= 15 is 0 Å². The van der Waals surface area contributed by atoms with E-state index in [2.05, 4.69) is 0 Å². The highest BCUT2D eigenvalue weighted by Crippen LogP contribution is 2.36. The minimum Gasteiger partial charge on any atom is -0.488 e. The van der Waals surface area contributed by atoms with E-state index in [4.69, 9.17) is 4.74 Å². The quantitative estimate of drug-likeness (QED) is 0.789. The molecule has 0 saturated carbocycles. The molecule has 19 heavy (non-hydrogen) atoms. The Bertz CT molecular complexity index is 544. The number of hydrogen-bond acceptors (Lipinski definition) is 1. The fraction of sp³-hybridized carbons (Fsp3) is 0.200. The van der Waals surface area contributed by atoms with Gasteiger partial charge in [-0.15, -0.1) is 0 Å². The molecule has 2 rings (SSSR count). The molecule has 0 aromatic heterocycles. The number of rotatable bonds is 3. The molecule has 0 radical (unpaired) electrons. The molecule has 0 saturated heterocycles. The molecule has 0 amide bonds. The van der Waals surface area contributed by atoms with Crippen molar-refractivity contribution in [3.8, 4) is 5.75 Å². The first-order chi connectivity index (χ1) is 8.97. The number of aryl methyl sites for hydroxylation is 1. The second kappa shape index (κ2) is 5.34. The number of para-hydroxylation sites is 1. The first-order valence-corrected chi connectivity index (χ1v) is 5.81. The average Bonchev–Trinajstić information content (AvgIpc) is 2.37. The van der Waals surface area contributed by atoms with Gasteiger partial charge in [-0.2, -0.15) is 13.2 Å². The Balaban J connectivity index is 2.14. The fourth-order valence-electron chi connectivity index (χ4n) is 1.67. The molecule has 2 aromatic carbocycles. The number of hydrogen-bond donors (Lipinski definition) is 0. The minimum atomic E-state index is -4.40. The van der Waals surface area contributed by atoms with Crippen LogP contribution in [-0.2, 0) is 12.8 Å². The lowest BCUT2D eigenvalue weighted by Crippen LogP contribution is -2.08. The summed E-state index contributed by atoms with van der Waals surface area (Å²) in [6, 6.07) is 12.7. The number of alkyl halides is 3. The summed E-state index contributed by atoms with van der Waals surface area (Å²) in [5, 5.41) is 0. The van der Waals surface area contributed by atoms with E-state index in [0.29, 0.717) is 0 Å². The summed E-state index contributed by atoms with van der Waals surface area (Å²) < 4.78 is 43.5. The van der Waals surface area contributed by atoms with E-state index in [1.807, 2.05) is 31.2 Å². The predicted octanol–water partition coefficient (Wildman–Crippen LogP) is 4.59. The summed E-state index contributed by atoms with van der Waals surface area (Å²) >= 11 is 0. The molecular formula is C15H13F3O. The first-order valence-electron chi connectivity index (χ1n) is 5.81. The van der Waals surface area contributed by atoms with Gasteiger partial charge in [-0.1, -0.05) is 42.0 Å². The van der Waals surface area contributed by atoms with Gasteiger partial charge >= 0.3 is 6.18 Å². The van der Waals surface area contributed by atoms with Crippen LogP contribution in [0.2, 0.25) is 0 Å². The molecule has 0 bridgehead atoms. The third kappa shape index (κ3) is 3.50. The van der Waals surface area contributed by atoms with Gasteiger partial charge in [-0.05, 0) is 24.6 Å². The van der Waals surface area contributed by atoms with Gasteiger partial charge in [-0.3, -0.25) is 0 Å². The van der Waals surface area contributed by atoms with E-state index in [0.717, 1.165) is 17.2 Å². The van der Waals surface area contributed by atoms with Crippen molar-refractivity contribution >= 4 is 0 Å². The largest absolute Gasteiger partial charge is 0.488 e. The number of halogens is 3. The Kier molecular flexibility index (Phi) is 3.79. The van der Waals surface area contributed by atoms with E-state index < -0.39 is 11.7 Å². The second-order valence-corrected chi connectivity index (χ2v) is 4.27. The zero-order valence-corrected chi connectivity index (χ0v) is 10.4. The maximum absolute atomic E-state index is 12.7. The number of benzene rings is 2. The molecule has 0 aliphatic heterocycles. The molecule has 0 unspecified atom stereocenters. The van der Waals surface area contributed by atoms with Gasteiger partial charge in [0.2, 0.25) is 0 Å². The first kappa shape index (κ1) is 13.5. The van der Waals surface area contributed by atoms with Crippen molar-refractivity contribution < 1.29 is 17.9 Å². The van der Waals surface area contributed by atoms with Gasteiger partial charge in [0, 0.05) is 0 Å². The van der Waals surface area contributed by atoms with Gasteiger partial charge in [-0.25, -0.2) is 0 Å². The highest BCUT2D eigenvalue weighted by atomic mass is 19.4. The SMILES string of the molecule is Cc1ccc(COc2ccccc2C(F)(F)F)cc1. The van der Waals surface area contributed by atoms with Gasteiger partial charge in [0.15, 0.2) is 0 Å². The molecule has 0 aliphatic rings. The molecule has 0 aliphatic carbocycles. The van der Waals surface area contributed by atoms with Crippen LogP contribution in [0.1, 0.15) is 16.7 Å². The van der Waals surface area contributed by atoms with Crippen LogP contribution in [-0.4, -0.2) is 0 Å². The fourth-order valence-corrected chi connectivity index (χ4v) is 1.67. The summed E-state index contributed by atoms with van der Waals surface area (Å²) in [6.07, 6.45) is -4.40. The number of ether oxygens (including phenoxy) is 1. The zero-order valence-electron chi connectivity index (χ0n) is 10.4. The Morgan fingerprint density at radius 2 is 1.58 bits per heavy atom. The normalized spacial score (nSPS) is 11.4. The van der Waals surface area contributed by atoms with Gasteiger partial charge in [0.25, 0.3) is 0 Å². The Morgan fingerprint density at radius 3 is 2.21 bits per heavy atom. The third-order valence-electron chi connectivity index (χ3n) is 2.71. The minimum absolute atomic E-state index is 0.118. The van der Waals surface area contributed by atoms with Gasteiger partial charge < -0.3 is 4.74 Å². The molecule has 0 N–H and O–H groups in total. The van der Waals surface area contributed by atoms with Crippen LogP contribution in [0.5, 0.6) is 5.75 Å². The van der Waals surface area contributed by atoms with Crippen LogP contribution in [0.4, 0.5) is 13.2 Å². The molecule has 0 atom stereocenters. The van der Waals surface area contributed by atoms with Crippen LogP contribution in [0.15, 0.2) is 48.5 Å². The zero-order chi connectivity index (χ0) is 13.9. The molecule has 0 spiro atoms. The molecule has 100 valence electrons. The van der Waals surface area contributed by atoms with Crippen LogP contribution in [0, 0.1) is 6.92 Å². The van der Waals surface area contributed by atoms with E-state index in [-0.39, 0.29) is 12.4 Å². The van der Waals surface area contributed by atoms with Gasteiger partial charge in [0.05, 0.1) is 5.56 Å². The van der Waals surface area contributed by atoms with Crippen molar-refractivity contribution in [1.29, 1.82) is 0 Å². The summed E-state index contributed by atoms with van der Waals surface area (Å²) in [5.74, 6) is -0.143. The third-order valence-corrected chi connectivity index (χ3v) is 2.71. The molecule has 0 heterocycles. The van der Waals surface area contributed by atoms with Crippen molar-refractivity contribution in [3.63, 3.8) is 0 Å². The lowest BCUT2D eigenvalue weighted by atomic mass is 10.1. The topological polar surface area (TPSA) is 9.23 Å². The Morgan fingerprint density at radius 1 is 0.947 bits per heavy atom. The summed E-state index contributed by atoms with van der Waals surface area (Å²) in [7, 11) is 0. The highest BCUT2D eigenvalue weighted by molar-refractivity contribution is 5.35. The van der Waals surface area contributed by atoms with Crippen molar-refractivity contribution in [3.05, 3.63) is 65.2 Å². The van der Waals surface area contributed by atoms with Crippen molar-refractivity contribution in [2.24, 2.45) is 0 Å². The van der Waals surface area contributed by atoms with E-state index in [1.54, 1.807) is 0 Å². The molecular weight excluding hydrogens is 253 g/mol. The molecule has 4 heteroatoms. The van der Waals surface area contributed by atoms with Crippen molar-refractivity contribution in [2.45, 2.75) is 19.7 Å². The maximum atomic E-state index is 12.7. The van der Waals surface area contributed by atoms with Crippen LogP contribution < -0.4 is 4.74 Å². The lowest BCUT2D eigenvalue weighted by molar-refractivity contribution is -0.139. The van der Waals surface area contributed by atoms with E-state index in [9.17, 15) is 13.2 Å². The Labute approximate surface area is 109 Å². The molecule has 2 aromatic rings. The second-order valence-electron chi connectivity index (χ2n) is 4.27. The Hall–Kier alpha value is -1.97. The lowest BCUT2D eigenvalue weighted by Gasteiger charge is -2.13. The molecule has 0 fully saturated rings. The monoisotopic (exact) mass is 266 g/mol. The van der Waals surface area contributed by atoms with Crippen LogP contribution in [0.3, 0.4) is 0 Å². The highest BCUT2D eigenvalue weighted by Gasteiger charge is 2.33. The standard InChI is InChI=1S/C15H13F3O/c1-11-6-8-12(9-7-11)10-19-14-5-3-2-4-13(14)15(16,17)18/h2-9H,10H2,1H3. The smallest absolute Gasteiger partial charge is 0.419 e. The predicted molar refractivity (Wildman–Crippen MR) is 67.0 cm³/mol. The van der Waals surface area contributed by atoms with E-state index in [1.165, 1.54) is 18.2 Å². The van der Waals surface area contributed by atoms with Crippen molar-refractivity contribution in [1.82, 2.24) is 0 Å². The molecule has 1 nitrogen and oxygen atoms in total. The van der Waals surface area contributed by atoms with Crippen LogP contribution in [0.25, 0.3) is 0 Å². The summed E-state index contributed by atoms with van der Waals surface area (Å²) in [4.78, 5) is 0.